The molecule has 0 saturated heterocycles. The van der Waals surface area contributed by atoms with Gasteiger partial charge in [-0.05, 0) is 101 Å². The molecule has 8 rings (SSSR count). The number of nitrogens with one attached hydrogen (secondary N) is 2. The zero-order valence-corrected chi connectivity index (χ0v) is 27.5. The molecule has 0 bridgehead atoms. The molecular weight excluding hydrogens is 631 g/mol. The van der Waals surface area contributed by atoms with Crippen molar-refractivity contribution < 1.29 is 9.05 Å². The zero-order chi connectivity index (χ0) is 30.4. The van der Waals surface area contributed by atoms with Crippen molar-refractivity contribution >= 4 is 58.4 Å². The van der Waals surface area contributed by atoms with E-state index in [0.29, 0.717) is 0 Å². The highest BCUT2D eigenvalue weighted by atomic mass is 32.5. The maximum atomic E-state index is 6.48. The quantitative estimate of drug-likeness (QED) is 0.174. The molecule has 0 saturated carbocycles. The lowest BCUT2D eigenvalue weighted by Gasteiger charge is -2.32. The van der Waals surface area contributed by atoms with Gasteiger partial charge in [-0.15, -0.1) is 0 Å². The predicted octanol–water partition coefficient (Wildman–Crippen LogP) is 9.49. The van der Waals surface area contributed by atoms with Crippen LogP contribution in [0.15, 0.2) is 146 Å². The molecule has 2 aliphatic rings. The molecular formula is C37H28N2O2P2S2. The van der Waals surface area contributed by atoms with E-state index in [1.54, 1.807) is 0 Å². The Bertz CT molecular complexity index is 2010. The van der Waals surface area contributed by atoms with Crippen LogP contribution in [-0.2, 0) is 30.0 Å². The second-order valence-electron chi connectivity index (χ2n) is 11.1. The molecule has 0 aromatic heterocycles. The molecule has 2 aliphatic heterocycles. The summed E-state index contributed by atoms with van der Waals surface area (Å²) in [6.45, 7) is 0. The molecule has 2 N–H and O–H groups in total. The summed E-state index contributed by atoms with van der Waals surface area (Å²) >= 11 is 12.4. The van der Waals surface area contributed by atoms with E-state index in [1.165, 1.54) is 11.1 Å². The Morgan fingerprint density at radius 1 is 0.422 bits per heavy atom. The summed E-state index contributed by atoms with van der Waals surface area (Å²) in [4.78, 5) is 0. The van der Waals surface area contributed by atoms with Gasteiger partial charge in [-0.1, -0.05) is 97.1 Å². The Morgan fingerprint density at radius 2 is 0.778 bits per heavy atom. The van der Waals surface area contributed by atoms with E-state index in [0.717, 1.165) is 62.2 Å². The molecule has 2 unspecified atom stereocenters. The first-order valence-electron chi connectivity index (χ1n) is 14.7. The van der Waals surface area contributed by atoms with Crippen LogP contribution in [-0.4, -0.2) is 0 Å². The van der Waals surface area contributed by atoms with E-state index in [4.69, 9.17) is 32.7 Å². The van der Waals surface area contributed by atoms with E-state index < -0.39 is 12.8 Å². The van der Waals surface area contributed by atoms with Gasteiger partial charge in [0.05, 0.1) is 0 Å². The van der Waals surface area contributed by atoms with Crippen molar-refractivity contribution in [3.8, 4) is 33.8 Å². The molecule has 8 heteroatoms. The molecule has 220 valence electrons. The Hall–Kier alpha value is -4.18. The molecule has 2 atom stereocenters. The molecule has 6 aromatic rings. The van der Waals surface area contributed by atoms with Crippen LogP contribution in [0.25, 0.3) is 22.3 Å². The van der Waals surface area contributed by atoms with Gasteiger partial charge in [-0.25, -0.2) is 0 Å². The van der Waals surface area contributed by atoms with Crippen molar-refractivity contribution in [2.45, 2.75) is 6.42 Å². The van der Waals surface area contributed by atoms with Gasteiger partial charge >= 0.3 is 0 Å². The Kier molecular flexibility index (Phi) is 7.12. The van der Waals surface area contributed by atoms with Crippen LogP contribution < -0.4 is 29.8 Å². The van der Waals surface area contributed by atoms with Gasteiger partial charge in [-0.2, -0.15) is 0 Å². The fourth-order valence-corrected chi connectivity index (χ4v) is 12.0. The molecule has 0 amide bonds. The molecule has 2 heterocycles. The zero-order valence-electron chi connectivity index (χ0n) is 24.1. The molecule has 6 aromatic carbocycles. The lowest BCUT2D eigenvalue weighted by Crippen LogP contribution is -2.22. The lowest BCUT2D eigenvalue weighted by molar-refractivity contribution is 0.622. The second kappa shape index (κ2) is 11.3. The van der Waals surface area contributed by atoms with Crippen LogP contribution in [0.4, 0.5) is 11.4 Å². The van der Waals surface area contributed by atoms with Gasteiger partial charge in [0.1, 0.15) is 11.5 Å². The average Bonchev–Trinajstić information content (AvgIpc) is 3.07. The largest absolute Gasteiger partial charge is 0.444 e. The monoisotopic (exact) mass is 658 g/mol. The number of rotatable bonds is 6. The van der Waals surface area contributed by atoms with Crippen molar-refractivity contribution in [2.75, 3.05) is 10.2 Å². The number of hydrogen-bond acceptors (Lipinski definition) is 4. The topological polar surface area (TPSA) is 42.5 Å². The first-order chi connectivity index (χ1) is 22.0. The Labute approximate surface area is 273 Å². The number of para-hydroxylation sites is 2. The SMILES string of the molecule is S=P1(Nc2ccc(Cc3ccc(NP4(=S)Oc5ccccc5-c5ccccc54)cc3)cc2)Oc2ccccc2-c2ccccc21. The summed E-state index contributed by atoms with van der Waals surface area (Å²) in [5.74, 6) is 1.66. The minimum Gasteiger partial charge on any atom is -0.444 e. The molecule has 4 nitrogen and oxygen atoms in total. The highest BCUT2D eigenvalue weighted by Gasteiger charge is 2.33. The summed E-state index contributed by atoms with van der Waals surface area (Å²) in [6.07, 6.45) is -4.28. The third kappa shape index (κ3) is 5.28. The van der Waals surface area contributed by atoms with Gasteiger partial charge in [0.2, 0.25) is 12.8 Å². The normalized spacial score (nSPS) is 19.0. The van der Waals surface area contributed by atoms with Crippen LogP contribution in [0.3, 0.4) is 0 Å². The highest BCUT2D eigenvalue weighted by molar-refractivity contribution is 8.17. The van der Waals surface area contributed by atoms with Crippen LogP contribution >= 0.6 is 12.8 Å². The second-order valence-corrected chi connectivity index (χ2v) is 18.2. The van der Waals surface area contributed by atoms with E-state index in [9.17, 15) is 0 Å². The van der Waals surface area contributed by atoms with Gasteiger partial charge < -0.3 is 19.2 Å². The first-order valence-corrected chi connectivity index (χ1v) is 20.1. The van der Waals surface area contributed by atoms with E-state index in [1.807, 2.05) is 48.5 Å². The van der Waals surface area contributed by atoms with Crippen molar-refractivity contribution in [1.82, 2.24) is 0 Å². The maximum Gasteiger partial charge on any atom is 0.232 e. The van der Waals surface area contributed by atoms with Crippen molar-refractivity contribution in [2.24, 2.45) is 0 Å². The van der Waals surface area contributed by atoms with Crippen LogP contribution in [0.2, 0.25) is 0 Å². The maximum absolute atomic E-state index is 6.48. The molecule has 45 heavy (non-hydrogen) atoms. The number of hydrogen-bond donors (Lipinski definition) is 2. The minimum atomic E-state index is -2.54. The summed E-state index contributed by atoms with van der Waals surface area (Å²) in [7, 11) is 0. The van der Waals surface area contributed by atoms with Gasteiger partial charge in [0.15, 0.2) is 0 Å². The molecule has 0 fully saturated rings. The summed E-state index contributed by atoms with van der Waals surface area (Å²) in [6, 6.07) is 49.7. The smallest absolute Gasteiger partial charge is 0.232 e. The van der Waals surface area contributed by atoms with Crippen LogP contribution in [0, 0.1) is 0 Å². The predicted molar refractivity (Wildman–Crippen MR) is 196 cm³/mol. The van der Waals surface area contributed by atoms with Crippen LogP contribution in [0.1, 0.15) is 11.1 Å². The van der Waals surface area contributed by atoms with Crippen molar-refractivity contribution in [3.63, 3.8) is 0 Å². The van der Waals surface area contributed by atoms with Crippen molar-refractivity contribution in [1.29, 1.82) is 0 Å². The number of fused-ring (bicyclic) bond motifs is 6. The van der Waals surface area contributed by atoms with Crippen LogP contribution in [0.5, 0.6) is 11.5 Å². The summed E-state index contributed by atoms with van der Waals surface area (Å²) in [5, 5.41) is 9.27. The fraction of sp³-hybridized carbons (Fsp3) is 0.0270. The standard InChI is InChI=1S/C37H28N2O2P2S2/c44-42(36-15-7-3-11-32(36)30-9-1-5-13-34(30)40-42)38-28-21-17-26(18-22-28)25-27-19-23-29(24-20-27)39-43(45)37-16-8-4-12-33(37)31-10-2-6-14-35(31)41-43/h1-24H,25H2,(H,38,44)(H,39,45). The molecule has 0 spiro atoms. The first kappa shape index (κ1) is 28.3. The van der Waals surface area contributed by atoms with Crippen molar-refractivity contribution in [3.05, 3.63) is 157 Å². The van der Waals surface area contributed by atoms with E-state index in [-0.39, 0.29) is 0 Å². The molecule has 0 radical (unpaired) electrons. The van der Waals surface area contributed by atoms with E-state index in [2.05, 4.69) is 107 Å². The summed E-state index contributed by atoms with van der Waals surface area (Å²) in [5.41, 5.74) is 8.75. The Morgan fingerprint density at radius 3 is 1.20 bits per heavy atom. The van der Waals surface area contributed by atoms with Gasteiger partial charge in [0.25, 0.3) is 0 Å². The third-order valence-electron chi connectivity index (χ3n) is 8.12. The summed E-state index contributed by atoms with van der Waals surface area (Å²) < 4.78 is 13.0. The van der Waals surface area contributed by atoms with Gasteiger partial charge in [-0.3, -0.25) is 0 Å². The number of anilines is 2. The van der Waals surface area contributed by atoms with Gasteiger partial charge in [0, 0.05) is 33.1 Å². The Balaban J connectivity index is 0.973. The minimum absolute atomic E-state index is 0.808. The lowest BCUT2D eigenvalue weighted by atomic mass is 10.0. The molecule has 0 aliphatic carbocycles. The third-order valence-corrected chi connectivity index (χ3v) is 14.4. The average molecular weight is 659 g/mol. The highest BCUT2D eigenvalue weighted by Crippen LogP contribution is 2.55. The van der Waals surface area contributed by atoms with E-state index >= 15 is 0 Å². The number of benzene rings is 6. The fourth-order valence-electron chi connectivity index (χ4n) is 5.97.